The zero-order valence-electron chi connectivity index (χ0n) is 18.0. The van der Waals surface area contributed by atoms with Gasteiger partial charge in [0.05, 0.1) is 19.3 Å². The van der Waals surface area contributed by atoms with Gasteiger partial charge in [0.25, 0.3) is 5.91 Å². The molecular weight excluding hydrogens is 425 g/mol. The molecule has 0 radical (unpaired) electrons. The number of amides is 1. The third-order valence-corrected chi connectivity index (χ3v) is 4.71. The van der Waals surface area contributed by atoms with Crippen molar-refractivity contribution in [2.24, 2.45) is 12.0 Å². The Morgan fingerprint density at radius 1 is 1.18 bits per heavy atom. The van der Waals surface area contributed by atoms with Crippen LogP contribution in [0, 0.1) is 5.82 Å². The van der Waals surface area contributed by atoms with Gasteiger partial charge in [-0.2, -0.15) is 10.2 Å². The van der Waals surface area contributed by atoms with E-state index in [0.29, 0.717) is 17.3 Å². The molecule has 2 aromatic carbocycles. The molecule has 0 unspecified atom stereocenters. The van der Waals surface area contributed by atoms with Crippen LogP contribution in [-0.4, -0.2) is 39.0 Å². The van der Waals surface area contributed by atoms with E-state index in [9.17, 15) is 9.18 Å². The number of ether oxygens (including phenoxy) is 1. The Kier molecular flexibility index (Phi) is 6.44. The number of anilines is 1. The summed E-state index contributed by atoms with van der Waals surface area (Å²) in [4.78, 5) is 17.1. The van der Waals surface area contributed by atoms with E-state index in [2.05, 4.69) is 30.9 Å². The van der Waals surface area contributed by atoms with Crippen molar-refractivity contribution in [1.29, 1.82) is 0 Å². The molecule has 0 saturated heterocycles. The van der Waals surface area contributed by atoms with Crippen LogP contribution < -0.4 is 15.4 Å². The van der Waals surface area contributed by atoms with E-state index in [1.165, 1.54) is 16.8 Å². The lowest BCUT2D eigenvalue weighted by atomic mass is 10.1. The topological polar surface area (TPSA) is 109 Å². The fourth-order valence-corrected chi connectivity index (χ4v) is 3.04. The van der Waals surface area contributed by atoms with Gasteiger partial charge in [0.2, 0.25) is 5.96 Å². The van der Waals surface area contributed by atoms with Gasteiger partial charge < -0.3 is 10.1 Å². The second kappa shape index (κ2) is 9.77. The highest BCUT2D eigenvalue weighted by molar-refractivity contribution is 6.09. The van der Waals surface area contributed by atoms with Crippen LogP contribution in [0.15, 0.2) is 71.9 Å². The lowest BCUT2D eigenvalue weighted by Gasteiger charge is -2.09. The van der Waals surface area contributed by atoms with Gasteiger partial charge >= 0.3 is 0 Å². The number of hydrogen-bond donors (Lipinski definition) is 3. The van der Waals surface area contributed by atoms with E-state index < -0.39 is 5.91 Å². The Morgan fingerprint density at radius 3 is 2.73 bits per heavy atom. The van der Waals surface area contributed by atoms with Gasteiger partial charge in [-0.15, -0.1) is 0 Å². The maximum Gasteiger partial charge on any atom is 0.278 e. The molecule has 0 aliphatic rings. The third kappa shape index (κ3) is 5.62. The number of hydrogen-bond acceptors (Lipinski definition) is 5. The summed E-state index contributed by atoms with van der Waals surface area (Å²) in [6.45, 7) is 0.289. The number of benzene rings is 2. The fourth-order valence-electron chi connectivity index (χ4n) is 3.04. The minimum Gasteiger partial charge on any atom is -0.497 e. The number of carbonyl (C=O) groups excluding carboxylic acids is 1. The van der Waals surface area contributed by atoms with E-state index in [4.69, 9.17) is 4.74 Å². The first kappa shape index (κ1) is 21.8. The average molecular weight is 447 g/mol. The molecule has 0 saturated carbocycles. The van der Waals surface area contributed by atoms with Crippen LogP contribution in [-0.2, 0) is 13.6 Å². The number of methoxy groups -OCH3 is 1. The number of nitrogens with zero attached hydrogens (tertiary/aromatic N) is 4. The number of guanidine groups is 1. The molecule has 4 rings (SSSR count). The molecule has 0 aliphatic heterocycles. The summed E-state index contributed by atoms with van der Waals surface area (Å²) in [5, 5.41) is 17.0. The van der Waals surface area contributed by atoms with Gasteiger partial charge in [0, 0.05) is 19.3 Å². The summed E-state index contributed by atoms with van der Waals surface area (Å²) >= 11 is 0. The Morgan fingerprint density at radius 2 is 2.00 bits per heavy atom. The molecule has 0 atom stereocenters. The minimum absolute atomic E-state index is 0.200. The molecule has 10 heteroatoms. The normalized spacial score (nSPS) is 11.3. The Hall–Kier alpha value is -4.47. The summed E-state index contributed by atoms with van der Waals surface area (Å²) in [7, 11) is 3.33. The summed E-state index contributed by atoms with van der Waals surface area (Å²) < 4.78 is 20.0. The van der Waals surface area contributed by atoms with E-state index in [1.54, 1.807) is 44.6 Å². The van der Waals surface area contributed by atoms with E-state index in [1.807, 2.05) is 24.3 Å². The number of aromatic amines is 1. The second-order valence-corrected chi connectivity index (χ2v) is 7.14. The first-order chi connectivity index (χ1) is 16.0. The summed E-state index contributed by atoms with van der Waals surface area (Å²) in [6.07, 6.45) is 1.68. The van der Waals surface area contributed by atoms with Gasteiger partial charge in [-0.05, 0) is 53.6 Å². The van der Waals surface area contributed by atoms with Crippen molar-refractivity contribution in [2.75, 3.05) is 12.4 Å². The molecule has 1 amide bonds. The van der Waals surface area contributed by atoms with E-state index >= 15 is 0 Å². The number of halogens is 1. The number of aromatic nitrogens is 4. The Bertz CT molecular complexity index is 1280. The van der Waals surface area contributed by atoms with E-state index in [-0.39, 0.29) is 24.0 Å². The van der Waals surface area contributed by atoms with Gasteiger partial charge in [0.1, 0.15) is 11.6 Å². The second-order valence-electron chi connectivity index (χ2n) is 7.14. The van der Waals surface area contributed by atoms with Crippen LogP contribution in [0.3, 0.4) is 0 Å². The van der Waals surface area contributed by atoms with Gasteiger partial charge in [-0.3, -0.25) is 19.9 Å². The van der Waals surface area contributed by atoms with Crippen molar-refractivity contribution in [3.8, 4) is 17.0 Å². The first-order valence-corrected chi connectivity index (χ1v) is 10.1. The molecule has 33 heavy (non-hydrogen) atoms. The van der Waals surface area contributed by atoms with Gasteiger partial charge in [0.15, 0.2) is 11.5 Å². The smallest absolute Gasteiger partial charge is 0.278 e. The lowest BCUT2D eigenvalue weighted by molar-refractivity contribution is 0.0971. The van der Waals surface area contributed by atoms with Crippen molar-refractivity contribution in [3.63, 3.8) is 0 Å². The highest BCUT2D eigenvalue weighted by atomic mass is 19.1. The molecule has 9 nitrogen and oxygen atoms in total. The van der Waals surface area contributed by atoms with Crippen molar-refractivity contribution < 1.29 is 13.9 Å². The molecule has 0 spiro atoms. The van der Waals surface area contributed by atoms with Crippen molar-refractivity contribution in [3.05, 3.63) is 83.9 Å². The predicted molar refractivity (Wildman–Crippen MR) is 122 cm³/mol. The number of rotatable bonds is 6. The zero-order chi connectivity index (χ0) is 23.2. The molecule has 2 heterocycles. The lowest BCUT2D eigenvalue weighted by Crippen LogP contribution is -2.36. The molecule has 3 N–H and O–H groups in total. The van der Waals surface area contributed by atoms with Crippen molar-refractivity contribution >= 4 is 17.7 Å². The van der Waals surface area contributed by atoms with Crippen LogP contribution in [0.5, 0.6) is 5.75 Å². The summed E-state index contributed by atoms with van der Waals surface area (Å²) in [5.41, 5.74) is 2.60. The number of aliphatic imine (C=N–C) groups is 1. The minimum atomic E-state index is -0.415. The number of H-pyrrole nitrogens is 1. The third-order valence-electron chi connectivity index (χ3n) is 4.71. The van der Waals surface area contributed by atoms with Crippen LogP contribution in [0.25, 0.3) is 11.3 Å². The molecule has 0 bridgehead atoms. The summed E-state index contributed by atoms with van der Waals surface area (Å²) in [5.74, 6) is 0.610. The zero-order valence-corrected chi connectivity index (χ0v) is 18.0. The monoisotopic (exact) mass is 447 g/mol. The highest BCUT2D eigenvalue weighted by Gasteiger charge is 2.13. The van der Waals surface area contributed by atoms with E-state index in [0.717, 1.165) is 11.1 Å². The van der Waals surface area contributed by atoms with Crippen LogP contribution in [0.1, 0.15) is 16.1 Å². The van der Waals surface area contributed by atoms with Gasteiger partial charge in [-0.25, -0.2) is 9.38 Å². The predicted octanol–water partition coefficient (Wildman–Crippen LogP) is 3.36. The van der Waals surface area contributed by atoms with Crippen LogP contribution in [0.4, 0.5) is 10.2 Å². The molecule has 168 valence electrons. The number of nitrogens with one attached hydrogen (secondary N) is 3. The quantitative estimate of drug-likeness (QED) is 0.310. The molecule has 0 aliphatic carbocycles. The maximum absolute atomic E-state index is 13.2. The first-order valence-electron chi connectivity index (χ1n) is 10.1. The van der Waals surface area contributed by atoms with Crippen LogP contribution in [0.2, 0.25) is 0 Å². The average Bonchev–Trinajstić information content (AvgIpc) is 3.47. The van der Waals surface area contributed by atoms with Gasteiger partial charge in [-0.1, -0.05) is 12.1 Å². The largest absolute Gasteiger partial charge is 0.497 e. The maximum atomic E-state index is 13.2. The van der Waals surface area contributed by atoms with Crippen molar-refractivity contribution in [2.45, 2.75) is 6.54 Å². The highest BCUT2D eigenvalue weighted by Crippen LogP contribution is 2.20. The summed E-state index contributed by atoms with van der Waals surface area (Å²) in [6, 6.07) is 16.9. The molecular formula is C23H22FN7O2. The fraction of sp³-hybridized carbons (Fsp3) is 0.130. The van der Waals surface area contributed by atoms with Crippen LogP contribution >= 0.6 is 0 Å². The number of aryl methyl sites for hydroxylation is 1. The molecule has 0 fully saturated rings. The molecule has 4 aromatic rings. The van der Waals surface area contributed by atoms with Crippen molar-refractivity contribution in [1.82, 2.24) is 25.3 Å². The SMILES string of the molecule is COc1cccc(CN=C(NC(=O)c2ccn(C)n2)Nc2cc(-c3ccc(F)cc3)[nH]n2)c1. The Balaban J connectivity index is 1.55. The molecule has 2 aromatic heterocycles. The Labute approximate surface area is 189 Å². The standard InChI is InChI=1S/C23H22FN7O2/c1-31-11-10-19(30-31)22(32)27-23(25-14-15-4-3-5-18(12-15)33-2)26-21-13-20(28-29-21)16-6-8-17(24)9-7-16/h3-13H,14H2,1-2H3,(H3,25,26,27,28,29,32). The number of carbonyl (C=O) groups is 1.